The molecule has 0 radical (unpaired) electrons. The molecule has 2 amide bonds. The number of benzene rings is 1. The number of hydrogen-bond acceptors (Lipinski definition) is 5. The smallest absolute Gasteiger partial charge is 0.392 e. The van der Waals surface area contributed by atoms with Crippen molar-refractivity contribution in [3.63, 3.8) is 0 Å². The molecule has 0 saturated heterocycles. The van der Waals surface area contributed by atoms with Crippen molar-refractivity contribution >= 4 is 17.5 Å². The zero-order valence-corrected chi connectivity index (χ0v) is 15.9. The quantitative estimate of drug-likeness (QED) is 0.822. The summed E-state index contributed by atoms with van der Waals surface area (Å²) in [6, 6.07) is 7.86. The molecule has 1 aromatic heterocycles. The van der Waals surface area contributed by atoms with E-state index in [0.717, 1.165) is 0 Å². The summed E-state index contributed by atoms with van der Waals surface area (Å²) in [7, 11) is 1.47. The van der Waals surface area contributed by atoms with Crippen molar-refractivity contribution in [2.75, 3.05) is 18.6 Å². The number of fused-ring (bicyclic) bond motifs is 2. The lowest BCUT2D eigenvalue weighted by atomic mass is 9.77. The van der Waals surface area contributed by atoms with Crippen LogP contribution in [0.25, 0.3) is 0 Å². The molecule has 2 atom stereocenters. The Labute approximate surface area is 169 Å². The van der Waals surface area contributed by atoms with Crippen LogP contribution in [0, 0.1) is 5.92 Å². The van der Waals surface area contributed by atoms with Crippen LogP contribution in [0.2, 0.25) is 0 Å². The van der Waals surface area contributed by atoms with Crippen LogP contribution in [0.5, 0.6) is 5.75 Å². The third kappa shape index (κ3) is 3.26. The minimum atomic E-state index is -4.66. The van der Waals surface area contributed by atoms with E-state index in [0.29, 0.717) is 17.0 Å². The van der Waals surface area contributed by atoms with Crippen molar-refractivity contribution in [3.8, 4) is 5.75 Å². The van der Waals surface area contributed by atoms with E-state index in [1.54, 1.807) is 24.3 Å². The van der Waals surface area contributed by atoms with Crippen molar-refractivity contribution in [1.29, 1.82) is 0 Å². The molecule has 0 bridgehead atoms. The van der Waals surface area contributed by atoms with Gasteiger partial charge in [0.15, 0.2) is 0 Å². The second-order valence-corrected chi connectivity index (χ2v) is 7.29. The number of rotatable bonds is 3. The molecule has 0 aliphatic carbocycles. The molecular formula is C20H18F3N3O4. The minimum absolute atomic E-state index is 0.0740. The van der Waals surface area contributed by atoms with E-state index in [4.69, 9.17) is 15.2 Å². The Morgan fingerprint density at radius 2 is 2.10 bits per heavy atom. The first-order valence-corrected chi connectivity index (χ1v) is 9.12. The van der Waals surface area contributed by atoms with Gasteiger partial charge in [0.2, 0.25) is 5.91 Å². The standard InChI is InChI=1S/C20H18F3N3O4/c1-26-15-4-2-3-5-16(15)29-9-13(18(26)28)19(10-20(21,22)23)12-6-14(17(24)27)25-7-11(12)8-30-19/h2-7,13H,8-10H2,1H3,(H2,24,27)/t13-,19?/m1/s1. The van der Waals surface area contributed by atoms with E-state index in [9.17, 15) is 22.8 Å². The Morgan fingerprint density at radius 1 is 1.37 bits per heavy atom. The summed E-state index contributed by atoms with van der Waals surface area (Å²) < 4.78 is 52.5. The number of nitrogens with two attached hydrogens (primary N) is 1. The molecule has 7 nitrogen and oxygen atoms in total. The van der Waals surface area contributed by atoms with Gasteiger partial charge in [-0.3, -0.25) is 14.6 Å². The van der Waals surface area contributed by atoms with Gasteiger partial charge in [0, 0.05) is 18.8 Å². The van der Waals surface area contributed by atoms with Crippen LogP contribution in [0.4, 0.5) is 18.9 Å². The molecule has 158 valence electrons. The number of para-hydroxylation sites is 2. The highest BCUT2D eigenvalue weighted by molar-refractivity contribution is 5.98. The van der Waals surface area contributed by atoms with Gasteiger partial charge in [-0.25, -0.2) is 0 Å². The summed E-state index contributed by atoms with van der Waals surface area (Å²) in [4.78, 5) is 30.0. The van der Waals surface area contributed by atoms with Crippen LogP contribution in [0.15, 0.2) is 36.5 Å². The van der Waals surface area contributed by atoms with Gasteiger partial charge < -0.3 is 20.1 Å². The highest BCUT2D eigenvalue weighted by Gasteiger charge is 2.57. The number of primary amides is 1. The number of anilines is 1. The zero-order chi connectivity index (χ0) is 21.7. The average molecular weight is 421 g/mol. The molecule has 4 rings (SSSR count). The molecule has 0 spiro atoms. The number of nitrogens with zero attached hydrogens (tertiary/aromatic N) is 2. The topological polar surface area (TPSA) is 94.8 Å². The number of aromatic nitrogens is 1. The third-order valence-electron chi connectivity index (χ3n) is 5.47. The van der Waals surface area contributed by atoms with E-state index in [1.807, 2.05) is 0 Å². The Hall–Kier alpha value is -3.14. The SMILES string of the molecule is CN1C(=O)[C@H](C2(CC(F)(F)F)OCc3cnc(C(N)=O)cc32)COc2ccccc21. The van der Waals surface area contributed by atoms with Crippen molar-refractivity contribution in [3.05, 3.63) is 53.3 Å². The molecule has 3 heterocycles. The fourth-order valence-electron chi connectivity index (χ4n) is 4.05. The fourth-order valence-corrected chi connectivity index (χ4v) is 4.05. The summed E-state index contributed by atoms with van der Waals surface area (Å²) in [6.07, 6.45) is -4.83. The molecule has 2 aliphatic heterocycles. The van der Waals surface area contributed by atoms with Gasteiger partial charge in [0.1, 0.15) is 29.6 Å². The van der Waals surface area contributed by atoms with E-state index in [1.165, 1.54) is 24.2 Å². The number of carbonyl (C=O) groups excluding carboxylic acids is 2. The van der Waals surface area contributed by atoms with Crippen LogP contribution in [0.1, 0.15) is 28.0 Å². The highest BCUT2D eigenvalue weighted by atomic mass is 19.4. The van der Waals surface area contributed by atoms with Gasteiger partial charge >= 0.3 is 6.18 Å². The van der Waals surface area contributed by atoms with Crippen molar-refractivity contribution in [1.82, 2.24) is 4.98 Å². The van der Waals surface area contributed by atoms with Gasteiger partial charge in [-0.15, -0.1) is 0 Å². The Balaban J connectivity index is 1.86. The number of amides is 2. The van der Waals surface area contributed by atoms with Gasteiger partial charge in [-0.2, -0.15) is 13.2 Å². The van der Waals surface area contributed by atoms with Crippen molar-refractivity contribution in [2.24, 2.45) is 11.7 Å². The molecule has 1 unspecified atom stereocenters. The third-order valence-corrected chi connectivity index (χ3v) is 5.47. The fraction of sp³-hybridized carbons (Fsp3) is 0.350. The predicted molar refractivity (Wildman–Crippen MR) is 98.7 cm³/mol. The monoisotopic (exact) mass is 421 g/mol. The number of pyridine rings is 1. The lowest BCUT2D eigenvalue weighted by molar-refractivity contribution is -0.206. The summed E-state index contributed by atoms with van der Waals surface area (Å²) in [6.45, 7) is -0.512. The van der Waals surface area contributed by atoms with Crippen LogP contribution in [0.3, 0.4) is 0 Å². The van der Waals surface area contributed by atoms with Gasteiger partial charge in [-0.05, 0) is 23.8 Å². The lowest BCUT2D eigenvalue weighted by Crippen LogP contribution is -2.49. The van der Waals surface area contributed by atoms with E-state index in [2.05, 4.69) is 4.98 Å². The molecule has 2 aliphatic rings. The van der Waals surface area contributed by atoms with Crippen LogP contribution >= 0.6 is 0 Å². The second-order valence-electron chi connectivity index (χ2n) is 7.29. The van der Waals surface area contributed by atoms with E-state index < -0.39 is 35.9 Å². The second kappa shape index (κ2) is 6.98. The number of ether oxygens (including phenoxy) is 2. The van der Waals surface area contributed by atoms with E-state index >= 15 is 0 Å². The molecular weight excluding hydrogens is 403 g/mol. The van der Waals surface area contributed by atoms with Gasteiger partial charge in [0.25, 0.3) is 5.91 Å². The van der Waals surface area contributed by atoms with Crippen molar-refractivity contribution < 1.29 is 32.2 Å². The number of carbonyl (C=O) groups is 2. The summed E-state index contributed by atoms with van der Waals surface area (Å²) >= 11 is 0. The van der Waals surface area contributed by atoms with Crippen molar-refractivity contribution in [2.45, 2.75) is 24.8 Å². The first-order valence-electron chi connectivity index (χ1n) is 9.12. The predicted octanol–water partition coefficient (Wildman–Crippen LogP) is 2.53. The number of hydrogen-bond donors (Lipinski definition) is 1. The molecule has 0 saturated carbocycles. The molecule has 10 heteroatoms. The summed E-state index contributed by atoms with van der Waals surface area (Å²) in [5.74, 6) is -2.42. The normalized spacial score (nSPS) is 23.4. The minimum Gasteiger partial charge on any atom is -0.490 e. The highest BCUT2D eigenvalue weighted by Crippen LogP contribution is 2.50. The van der Waals surface area contributed by atoms with Crippen LogP contribution in [-0.4, -0.2) is 36.6 Å². The summed E-state index contributed by atoms with van der Waals surface area (Å²) in [5.41, 5.74) is 3.87. The number of alkyl halides is 3. The zero-order valence-electron chi connectivity index (χ0n) is 15.9. The molecule has 1 aromatic carbocycles. The Kier molecular flexibility index (Phi) is 4.69. The van der Waals surface area contributed by atoms with Crippen LogP contribution < -0.4 is 15.4 Å². The maximum Gasteiger partial charge on any atom is 0.392 e. The maximum atomic E-state index is 13.7. The lowest BCUT2D eigenvalue weighted by Gasteiger charge is -2.37. The molecule has 2 N–H and O–H groups in total. The largest absolute Gasteiger partial charge is 0.490 e. The van der Waals surface area contributed by atoms with E-state index in [-0.39, 0.29) is 24.5 Å². The molecule has 30 heavy (non-hydrogen) atoms. The average Bonchev–Trinajstić information content (AvgIpc) is 2.98. The number of halogens is 3. The van der Waals surface area contributed by atoms with Gasteiger partial charge in [-0.1, -0.05) is 12.1 Å². The first-order chi connectivity index (χ1) is 14.1. The first kappa shape index (κ1) is 20.1. The van der Waals surface area contributed by atoms with Gasteiger partial charge in [0.05, 0.1) is 18.7 Å². The molecule has 0 fully saturated rings. The Bertz CT molecular complexity index is 1030. The Morgan fingerprint density at radius 3 is 2.80 bits per heavy atom. The van der Waals surface area contributed by atoms with Crippen LogP contribution in [-0.2, 0) is 21.7 Å². The maximum absolute atomic E-state index is 13.7. The summed E-state index contributed by atoms with van der Waals surface area (Å²) in [5, 5.41) is 0. The molecule has 2 aromatic rings.